The standard InChI is InChI=1S/C18H18N2O5S/c1-20(14-5-6-14)26(22,23)15-7-2-12(3-8-15)18(21)19-13-4-9-16-17(10-13)25-11-24-16/h2-4,7-10,14H,5-6,11H2,1H3,(H,19,21). The highest BCUT2D eigenvalue weighted by Crippen LogP contribution is 2.34. The highest BCUT2D eigenvalue weighted by molar-refractivity contribution is 7.89. The molecular formula is C18H18N2O5S. The predicted molar refractivity (Wildman–Crippen MR) is 94.9 cm³/mol. The smallest absolute Gasteiger partial charge is 0.255 e. The number of hydrogen-bond acceptors (Lipinski definition) is 5. The van der Waals surface area contributed by atoms with Crippen LogP contribution in [0.1, 0.15) is 23.2 Å². The molecule has 2 aromatic carbocycles. The SMILES string of the molecule is CN(C1CC1)S(=O)(=O)c1ccc(C(=O)Nc2ccc3c(c2)OCO3)cc1. The molecule has 8 heteroatoms. The molecule has 136 valence electrons. The summed E-state index contributed by atoms with van der Waals surface area (Å²) in [5.41, 5.74) is 0.945. The molecule has 0 atom stereocenters. The first-order valence-electron chi connectivity index (χ1n) is 8.24. The first-order chi connectivity index (χ1) is 12.4. The second kappa shape index (κ2) is 6.30. The number of ether oxygens (including phenoxy) is 2. The lowest BCUT2D eigenvalue weighted by atomic mass is 10.2. The summed E-state index contributed by atoms with van der Waals surface area (Å²) in [7, 11) is -1.92. The third-order valence-electron chi connectivity index (χ3n) is 4.49. The van der Waals surface area contributed by atoms with Crippen molar-refractivity contribution in [2.45, 2.75) is 23.8 Å². The fourth-order valence-corrected chi connectivity index (χ4v) is 4.17. The Hall–Kier alpha value is -2.58. The van der Waals surface area contributed by atoms with E-state index in [1.807, 2.05) is 0 Å². The van der Waals surface area contributed by atoms with E-state index in [1.54, 1.807) is 25.2 Å². The van der Waals surface area contributed by atoms with Crippen molar-refractivity contribution in [2.75, 3.05) is 19.2 Å². The van der Waals surface area contributed by atoms with Crippen LogP contribution in [0.15, 0.2) is 47.4 Å². The number of nitrogens with one attached hydrogen (secondary N) is 1. The molecule has 0 saturated heterocycles. The van der Waals surface area contributed by atoms with Crippen LogP contribution in [0, 0.1) is 0 Å². The minimum Gasteiger partial charge on any atom is -0.454 e. The second-order valence-corrected chi connectivity index (χ2v) is 8.30. The summed E-state index contributed by atoms with van der Waals surface area (Å²) in [6, 6.07) is 11.2. The van der Waals surface area contributed by atoms with Gasteiger partial charge >= 0.3 is 0 Å². The van der Waals surface area contributed by atoms with E-state index in [0.29, 0.717) is 22.7 Å². The van der Waals surface area contributed by atoms with Gasteiger partial charge in [0, 0.05) is 30.4 Å². The molecule has 1 heterocycles. The Morgan fingerprint density at radius 2 is 1.77 bits per heavy atom. The van der Waals surface area contributed by atoms with Crippen LogP contribution in [-0.4, -0.2) is 38.5 Å². The molecule has 4 rings (SSSR count). The minimum absolute atomic E-state index is 0.0917. The monoisotopic (exact) mass is 374 g/mol. The summed E-state index contributed by atoms with van der Waals surface area (Å²) in [4.78, 5) is 12.6. The van der Waals surface area contributed by atoms with Gasteiger partial charge in [-0.15, -0.1) is 0 Å². The molecular weight excluding hydrogens is 356 g/mol. The minimum atomic E-state index is -3.51. The van der Waals surface area contributed by atoms with Crippen molar-refractivity contribution in [1.82, 2.24) is 4.31 Å². The average Bonchev–Trinajstić information content (AvgIpc) is 3.38. The third kappa shape index (κ3) is 3.13. The van der Waals surface area contributed by atoms with E-state index in [-0.39, 0.29) is 23.6 Å². The zero-order valence-electron chi connectivity index (χ0n) is 14.1. The Balaban J connectivity index is 1.49. The number of carbonyl (C=O) groups is 1. The number of benzene rings is 2. The Morgan fingerprint density at radius 1 is 1.08 bits per heavy atom. The lowest BCUT2D eigenvalue weighted by Crippen LogP contribution is -2.29. The molecule has 0 spiro atoms. The van der Waals surface area contributed by atoms with Crippen LogP contribution in [0.2, 0.25) is 0 Å². The molecule has 0 radical (unpaired) electrons. The van der Waals surface area contributed by atoms with Crippen molar-refractivity contribution >= 4 is 21.6 Å². The number of rotatable bonds is 5. The van der Waals surface area contributed by atoms with Crippen molar-refractivity contribution in [3.8, 4) is 11.5 Å². The molecule has 1 N–H and O–H groups in total. The number of fused-ring (bicyclic) bond motifs is 1. The molecule has 1 aliphatic heterocycles. The quantitative estimate of drug-likeness (QED) is 0.869. The summed E-state index contributed by atoms with van der Waals surface area (Å²) in [5.74, 6) is 0.882. The van der Waals surface area contributed by atoms with E-state index in [1.165, 1.54) is 28.6 Å². The van der Waals surface area contributed by atoms with Gasteiger partial charge in [0.1, 0.15) is 0 Å². The number of nitrogens with zero attached hydrogens (tertiary/aromatic N) is 1. The van der Waals surface area contributed by atoms with Gasteiger partial charge in [-0.2, -0.15) is 4.31 Å². The number of hydrogen-bond donors (Lipinski definition) is 1. The number of anilines is 1. The van der Waals surface area contributed by atoms with Crippen LogP contribution in [0.3, 0.4) is 0 Å². The topological polar surface area (TPSA) is 84.9 Å². The summed E-state index contributed by atoms with van der Waals surface area (Å²) in [6.07, 6.45) is 1.79. The Morgan fingerprint density at radius 3 is 2.46 bits per heavy atom. The summed E-state index contributed by atoms with van der Waals surface area (Å²) in [5, 5.41) is 2.76. The van der Waals surface area contributed by atoms with Gasteiger partial charge in [0.15, 0.2) is 11.5 Å². The Kier molecular flexibility index (Phi) is 4.08. The Labute approximate surface area is 151 Å². The maximum absolute atomic E-state index is 12.5. The summed E-state index contributed by atoms with van der Waals surface area (Å²) < 4.78 is 36.9. The normalized spacial score (nSPS) is 15.9. The van der Waals surface area contributed by atoms with Crippen molar-refractivity contribution < 1.29 is 22.7 Å². The average molecular weight is 374 g/mol. The van der Waals surface area contributed by atoms with Gasteiger partial charge < -0.3 is 14.8 Å². The molecule has 1 saturated carbocycles. The van der Waals surface area contributed by atoms with Crippen LogP contribution in [-0.2, 0) is 10.0 Å². The van der Waals surface area contributed by atoms with Crippen LogP contribution in [0.25, 0.3) is 0 Å². The van der Waals surface area contributed by atoms with Gasteiger partial charge in [0.05, 0.1) is 4.90 Å². The molecule has 2 aliphatic rings. The number of sulfonamides is 1. The van der Waals surface area contributed by atoms with E-state index < -0.39 is 10.0 Å². The van der Waals surface area contributed by atoms with Gasteiger partial charge in [0.25, 0.3) is 5.91 Å². The summed E-state index contributed by atoms with van der Waals surface area (Å²) >= 11 is 0. The molecule has 7 nitrogen and oxygen atoms in total. The first-order valence-corrected chi connectivity index (χ1v) is 9.68. The molecule has 0 aromatic heterocycles. The predicted octanol–water partition coefficient (Wildman–Crippen LogP) is 2.45. The number of carbonyl (C=O) groups excluding carboxylic acids is 1. The lowest BCUT2D eigenvalue weighted by Gasteiger charge is -2.16. The van der Waals surface area contributed by atoms with Gasteiger partial charge in [-0.05, 0) is 49.2 Å². The highest BCUT2D eigenvalue weighted by Gasteiger charge is 2.35. The molecule has 26 heavy (non-hydrogen) atoms. The maximum Gasteiger partial charge on any atom is 0.255 e. The van der Waals surface area contributed by atoms with Gasteiger partial charge in [-0.1, -0.05) is 0 Å². The van der Waals surface area contributed by atoms with Crippen molar-refractivity contribution in [2.24, 2.45) is 0 Å². The maximum atomic E-state index is 12.5. The molecule has 0 bridgehead atoms. The second-order valence-electron chi connectivity index (χ2n) is 6.30. The lowest BCUT2D eigenvalue weighted by molar-refractivity contribution is 0.102. The highest BCUT2D eigenvalue weighted by atomic mass is 32.2. The van der Waals surface area contributed by atoms with E-state index >= 15 is 0 Å². The van der Waals surface area contributed by atoms with E-state index in [0.717, 1.165) is 12.8 Å². The zero-order chi connectivity index (χ0) is 18.3. The van der Waals surface area contributed by atoms with Crippen molar-refractivity contribution in [3.63, 3.8) is 0 Å². The van der Waals surface area contributed by atoms with Crippen LogP contribution < -0.4 is 14.8 Å². The molecule has 2 aromatic rings. The molecule has 1 amide bonds. The van der Waals surface area contributed by atoms with E-state index in [2.05, 4.69) is 5.32 Å². The first kappa shape index (κ1) is 16.9. The van der Waals surface area contributed by atoms with Gasteiger partial charge in [-0.3, -0.25) is 4.79 Å². The zero-order valence-corrected chi connectivity index (χ0v) is 15.0. The van der Waals surface area contributed by atoms with Gasteiger partial charge in [0.2, 0.25) is 16.8 Å². The van der Waals surface area contributed by atoms with E-state index in [4.69, 9.17) is 9.47 Å². The fourth-order valence-electron chi connectivity index (χ4n) is 2.76. The van der Waals surface area contributed by atoms with Crippen molar-refractivity contribution in [1.29, 1.82) is 0 Å². The van der Waals surface area contributed by atoms with Crippen LogP contribution in [0.4, 0.5) is 5.69 Å². The van der Waals surface area contributed by atoms with Gasteiger partial charge in [-0.25, -0.2) is 8.42 Å². The summed E-state index contributed by atoms with van der Waals surface area (Å²) in [6.45, 7) is 0.165. The fraction of sp³-hybridized carbons (Fsp3) is 0.278. The van der Waals surface area contributed by atoms with E-state index in [9.17, 15) is 13.2 Å². The molecule has 0 unspecified atom stereocenters. The molecule has 1 aliphatic carbocycles. The Bertz CT molecular complexity index is 952. The van der Waals surface area contributed by atoms with Crippen LogP contribution in [0.5, 0.6) is 11.5 Å². The van der Waals surface area contributed by atoms with Crippen molar-refractivity contribution in [3.05, 3.63) is 48.0 Å². The van der Waals surface area contributed by atoms with Crippen LogP contribution >= 0.6 is 0 Å². The largest absolute Gasteiger partial charge is 0.454 e. The number of amides is 1. The third-order valence-corrected chi connectivity index (χ3v) is 6.41. The molecule has 1 fully saturated rings.